The predicted octanol–water partition coefficient (Wildman–Crippen LogP) is 6.99. The van der Waals surface area contributed by atoms with Crippen LogP contribution in [0.25, 0.3) is 0 Å². The Morgan fingerprint density at radius 2 is 1.67 bits per heavy atom. The van der Waals surface area contributed by atoms with Gasteiger partial charge in [-0.1, -0.05) is 88.4 Å². The Bertz CT molecular complexity index is 1250. The molecule has 0 heterocycles. The SMILES string of the molecule is CC[C@H](C)NC(=O)[C@H](Cc1ccccc1)N(Cc1ccccc1C)C(=O)COc1ccc(C(C)(C)C)cc1Br. The number of rotatable bonds is 11. The molecule has 0 aliphatic carbocycles. The third kappa shape index (κ3) is 8.69. The second-order valence-corrected chi connectivity index (χ2v) is 12.0. The summed E-state index contributed by atoms with van der Waals surface area (Å²) < 4.78 is 6.82. The van der Waals surface area contributed by atoms with Crippen molar-refractivity contribution in [1.82, 2.24) is 10.2 Å². The van der Waals surface area contributed by atoms with Gasteiger partial charge in [-0.15, -0.1) is 0 Å². The van der Waals surface area contributed by atoms with E-state index in [0.29, 0.717) is 18.7 Å². The monoisotopic (exact) mass is 592 g/mol. The molecule has 3 aromatic carbocycles. The van der Waals surface area contributed by atoms with E-state index >= 15 is 0 Å². The van der Waals surface area contributed by atoms with Crippen molar-refractivity contribution in [2.75, 3.05) is 6.61 Å². The molecule has 0 saturated heterocycles. The quantitative estimate of drug-likeness (QED) is 0.261. The van der Waals surface area contributed by atoms with Crippen molar-refractivity contribution in [3.8, 4) is 5.75 Å². The van der Waals surface area contributed by atoms with Crippen molar-refractivity contribution in [2.24, 2.45) is 0 Å². The van der Waals surface area contributed by atoms with Gasteiger partial charge in [-0.2, -0.15) is 0 Å². The fraction of sp³-hybridized carbons (Fsp3) is 0.394. The maximum Gasteiger partial charge on any atom is 0.261 e. The summed E-state index contributed by atoms with van der Waals surface area (Å²) in [4.78, 5) is 29.2. The summed E-state index contributed by atoms with van der Waals surface area (Å²) in [6.07, 6.45) is 1.21. The van der Waals surface area contributed by atoms with Gasteiger partial charge in [-0.25, -0.2) is 0 Å². The molecule has 2 atom stereocenters. The van der Waals surface area contributed by atoms with Crippen LogP contribution in [0.3, 0.4) is 0 Å². The molecule has 6 heteroatoms. The number of hydrogen-bond donors (Lipinski definition) is 1. The standard InChI is InChI=1S/C33H41BrN2O3/c1-7-24(3)35-32(38)29(19-25-14-9-8-10-15-25)36(21-26-16-12-11-13-23(26)2)31(37)22-39-30-18-17-27(20-28(30)34)33(4,5)6/h8-18,20,24,29H,7,19,21-22H2,1-6H3,(H,35,38)/t24-,29-/m0/s1. The van der Waals surface area contributed by atoms with Crippen LogP contribution in [0.5, 0.6) is 5.75 Å². The maximum absolute atomic E-state index is 13.9. The maximum atomic E-state index is 13.9. The zero-order valence-corrected chi connectivity index (χ0v) is 25.5. The number of nitrogens with one attached hydrogen (secondary N) is 1. The summed E-state index contributed by atoms with van der Waals surface area (Å²) in [5.74, 6) is 0.187. The van der Waals surface area contributed by atoms with Gasteiger partial charge < -0.3 is 15.0 Å². The highest BCUT2D eigenvalue weighted by molar-refractivity contribution is 9.10. The second-order valence-electron chi connectivity index (χ2n) is 11.2. The lowest BCUT2D eigenvalue weighted by Crippen LogP contribution is -2.53. The van der Waals surface area contributed by atoms with Crippen molar-refractivity contribution in [1.29, 1.82) is 0 Å². The highest BCUT2D eigenvalue weighted by Gasteiger charge is 2.31. The number of ether oxygens (including phenoxy) is 1. The van der Waals surface area contributed by atoms with E-state index in [-0.39, 0.29) is 29.9 Å². The highest BCUT2D eigenvalue weighted by Crippen LogP contribution is 2.31. The number of carbonyl (C=O) groups excluding carboxylic acids is 2. The van der Waals surface area contributed by atoms with Crippen molar-refractivity contribution in [2.45, 2.75) is 78.4 Å². The van der Waals surface area contributed by atoms with E-state index in [9.17, 15) is 9.59 Å². The normalized spacial score (nSPS) is 12.9. The van der Waals surface area contributed by atoms with Crippen molar-refractivity contribution in [3.63, 3.8) is 0 Å². The number of halogens is 1. The predicted molar refractivity (Wildman–Crippen MR) is 162 cm³/mol. The molecule has 0 aromatic heterocycles. The topological polar surface area (TPSA) is 58.6 Å². The summed E-state index contributed by atoms with van der Waals surface area (Å²) in [5.41, 5.74) is 4.22. The van der Waals surface area contributed by atoms with E-state index < -0.39 is 6.04 Å². The van der Waals surface area contributed by atoms with E-state index in [2.05, 4.69) is 42.0 Å². The van der Waals surface area contributed by atoms with Crippen LogP contribution in [-0.4, -0.2) is 35.4 Å². The number of hydrogen-bond acceptors (Lipinski definition) is 3. The lowest BCUT2D eigenvalue weighted by Gasteiger charge is -2.32. The van der Waals surface area contributed by atoms with Crippen LogP contribution in [0, 0.1) is 6.92 Å². The van der Waals surface area contributed by atoms with Gasteiger partial charge in [-0.3, -0.25) is 9.59 Å². The number of nitrogens with zero attached hydrogens (tertiary/aromatic N) is 1. The van der Waals surface area contributed by atoms with Crippen molar-refractivity contribution < 1.29 is 14.3 Å². The molecule has 0 spiro atoms. The van der Waals surface area contributed by atoms with Gasteiger partial charge >= 0.3 is 0 Å². The Morgan fingerprint density at radius 3 is 2.28 bits per heavy atom. The molecular weight excluding hydrogens is 552 g/mol. The Hall–Kier alpha value is -3.12. The molecule has 0 aliphatic rings. The number of amides is 2. The van der Waals surface area contributed by atoms with Crippen molar-refractivity contribution >= 4 is 27.7 Å². The molecule has 3 aromatic rings. The minimum absolute atomic E-state index is 0.000256. The fourth-order valence-electron chi connectivity index (χ4n) is 4.27. The summed E-state index contributed by atoms with van der Waals surface area (Å²) >= 11 is 3.61. The highest BCUT2D eigenvalue weighted by atomic mass is 79.9. The zero-order chi connectivity index (χ0) is 28.6. The largest absolute Gasteiger partial charge is 0.483 e. The Kier molecular flexibility index (Phi) is 10.8. The molecule has 2 amide bonds. The Labute approximate surface area is 242 Å². The molecule has 3 rings (SSSR count). The van der Waals surface area contributed by atoms with E-state index in [1.807, 2.05) is 93.6 Å². The molecule has 0 fully saturated rings. The number of carbonyl (C=O) groups is 2. The van der Waals surface area contributed by atoms with Gasteiger partial charge in [0.15, 0.2) is 6.61 Å². The summed E-state index contributed by atoms with van der Waals surface area (Å²) in [7, 11) is 0. The minimum atomic E-state index is -0.691. The first-order valence-corrected chi connectivity index (χ1v) is 14.4. The summed E-state index contributed by atoms with van der Waals surface area (Å²) in [6.45, 7) is 12.6. The van der Waals surface area contributed by atoms with Crippen LogP contribution in [0.4, 0.5) is 0 Å². The smallest absolute Gasteiger partial charge is 0.261 e. The van der Waals surface area contributed by atoms with E-state index in [4.69, 9.17) is 4.74 Å². The van der Waals surface area contributed by atoms with E-state index in [1.54, 1.807) is 4.90 Å². The molecule has 0 radical (unpaired) electrons. The molecule has 0 unspecified atom stereocenters. The molecule has 39 heavy (non-hydrogen) atoms. The van der Waals surface area contributed by atoms with E-state index in [1.165, 1.54) is 5.56 Å². The van der Waals surface area contributed by atoms with Crippen LogP contribution in [0.2, 0.25) is 0 Å². The molecule has 0 saturated carbocycles. The van der Waals surface area contributed by atoms with Crippen LogP contribution < -0.4 is 10.1 Å². The summed E-state index contributed by atoms with van der Waals surface area (Å²) in [6, 6.07) is 23.0. The first kappa shape index (κ1) is 30.4. The first-order chi connectivity index (χ1) is 18.5. The first-order valence-electron chi connectivity index (χ1n) is 13.6. The average molecular weight is 594 g/mol. The zero-order valence-electron chi connectivity index (χ0n) is 24.0. The van der Waals surface area contributed by atoms with E-state index in [0.717, 1.165) is 27.6 Å². The fourth-order valence-corrected chi connectivity index (χ4v) is 4.77. The van der Waals surface area contributed by atoms with Crippen LogP contribution >= 0.6 is 15.9 Å². The third-order valence-corrected chi connectivity index (χ3v) is 7.64. The number of benzene rings is 3. The molecule has 0 aliphatic heterocycles. The lowest BCUT2D eigenvalue weighted by molar-refractivity contribution is -0.143. The van der Waals surface area contributed by atoms with Gasteiger partial charge in [0, 0.05) is 19.0 Å². The number of aryl methyl sites for hydroxylation is 1. The van der Waals surface area contributed by atoms with Gasteiger partial charge in [0.2, 0.25) is 5.91 Å². The van der Waals surface area contributed by atoms with Crippen LogP contribution in [-0.2, 0) is 28.0 Å². The van der Waals surface area contributed by atoms with Crippen LogP contribution in [0.1, 0.15) is 63.3 Å². The van der Waals surface area contributed by atoms with Gasteiger partial charge in [0.25, 0.3) is 5.91 Å². The van der Waals surface area contributed by atoms with Crippen molar-refractivity contribution in [3.05, 3.63) is 99.5 Å². The van der Waals surface area contributed by atoms with Gasteiger partial charge in [-0.05, 0) is 76.0 Å². The Balaban J connectivity index is 1.93. The van der Waals surface area contributed by atoms with Gasteiger partial charge in [0.1, 0.15) is 11.8 Å². The van der Waals surface area contributed by atoms with Crippen LogP contribution in [0.15, 0.2) is 77.3 Å². The summed E-state index contributed by atoms with van der Waals surface area (Å²) in [5, 5.41) is 3.11. The average Bonchev–Trinajstić information content (AvgIpc) is 2.90. The molecule has 1 N–H and O–H groups in total. The second kappa shape index (κ2) is 13.8. The molecule has 0 bridgehead atoms. The third-order valence-electron chi connectivity index (χ3n) is 7.02. The molecule has 208 valence electrons. The lowest BCUT2D eigenvalue weighted by atomic mass is 9.87. The van der Waals surface area contributed by atoms with Gasteiger partial charge in [0.05, 0.1) is 4.47 Å². The molecular formula is C33H41BrN2O3. The molecule has 5 nitrogen and oxygen atoms in total. The Morgan fingerprint density at radius 1 is 1.00 bits per heavy atom. The minimum Gasteiger partial charge on any atom is -0.483 e.